The van der Waals surface area contributed by atoms with Gasteiger partial charge in [-0.1, -0.05) is 6.07 Å². The van der Waals surface area contributed by atoms with Crippen molar-refractivity contribution < 1.29 is 22.4 Å². The predicted molar refractivity (Wildman–Crippen MR) is 111 cm³/mol. The van der Waals surface area contributed by atoms with E-state index in [1.54, 1.807) is 6.33 Å². The molecule has 34 heavy (non-hydrogen) atoms. The van der Waals surface area contributed by atoms with Crippen LogP contribution in [-0.4, -0.2) is 52.3 Å². The van der Waals surface area contributed by atoms with Crippen molar-refractivity contribution >= 4 is 17.0 Å². The van der Waals surface area contributed by atoms with E-state index in [1.165, 1.54) is 4.90 Å². The summed E-state index contributed by atoms with van der Waals surface area (Å²) in [4.78, 5) is 27.0. The minimum absolute atomic E-state index is 0.0957. The maximum Gasteiger partial charge on any atom is 0.333 e. The molecule has 1 N–H and O–H groups in total. The molecule has 1 aliphatic rings. The van der Waals surface area contributed by atoms with E-state index in [4.69, 9.17) is 8.83 Å². The Kier molecular flexibility index (Phi) is 4.50. The molecule has 0 radical (unpaired) electrons. The molecule has 0 saturated carbocycles. The topological polar surface area (TPSA) is 132 Å². The standard InChI is InChI=1S/C21H16F2N8O3/c1-10-2-3-14-13(6-10)27-18(33-14)16-15-12(24-9-25-15)4-5-30(16)20(32)19-29-28-17(34-19)11-7-26-31(8-11)21(22)23/h2-3,6-9,16,21H,4-5H2,1H3,(H,24,25)/t16-/m0/s1. The first-order valence-corrected chi connectivity index (χ1v) is 10.3. The highest BCUT2D eigenvalue weighted by Gasteiger charge is 2.39. The summed E-state index contributed by atoms with van der Waals surface area (Å²) in [6, 6.07) is 4.92. The highest BCUT2D eigenvalue weighted by Crippen LogP contribution is 2.35. The van der Waals surface area contributed by atoms with Gasteiger partial charge in [0.15, 0.2) is 11.6 Å². The number of H-pyrrole nitrogens is 1. The Labute approximate surface area is 189 Å². The summed E-state index contributed by atoms with van der Waals surface area (Å²) in [5.74, 6) is -0.644. The lowest BCUT2D eigenvalue weighted by atomic mass is 10.0. The number of imidazole rings is 1. The van der Waals surface area contributed by atoms with Crippen LogP contribution in [0, 0.1) is 6.92 Å². The van der Waals surface area contributed by atoms with Gasteiger partial charge in [-0.3, -0.25) is 4.79 Å². The molecular weight excluding hydrogens is 450 g/mol. The number of rotatable bonds is 4. The number of fused-ring (bicyclic) bond motifs is 2. The van der Waals surface area contributed by atoms with Crippen LogP contribution in [0.5, 0.6) is 0 Å². The predicted octanol–water partition coefficient (Wildman–Crippen LogP) is 3.29. The minimum Gasteiger partial charge on any atom is -0.438 e. The number of benzene rings is 1. The van der Waals surface area contributed by atoms with Gasteiger partial charge in [0.05, 0.1) is 23.8 Å². The largest absolute Gasteiger partial charge is 0.438 e. The average molecular weight is 466 g/mol. The summed E-state index contributed by atoms with van der Waals surface area (Å²) < 4.78 is 37.6. The lowest BCUT2D eigenvalue weighted by Crippen LogP contribution is -2.41. The van der Waals surface area contributed by atoms with Crippen LogP contribution in [0.4, 0.5) is 8.78 Å². The molecule has 13 heteroatoms. The first-order valence-electron chi connectivity index (χ1n) is 10.3. The third-order valence-corrected chi connectivity index (χ3v) is 5.64. The molecule has 0 unspecified atom stereocenters. The summed E-state index contributed by atoms with van der Waals surface area (Å²) >= 11 is 0. The first kappa shape index (κ1) is 20.2. The summed E-state index contributed by atoms with van der Waals surface area (Å²) in [5.41, 5.74) is 3.94. The van der Waals surface area contributed by atoms with Crippen molar-refractivity contribution in [2.75, 3.05) is 6.54 Å². The fourth-order valence-corrected chi connectivity index (χ4v) is 4.02. The molecule has 1 atom stereocenters. The summed E-state index contributed by atoms with van der Waals surface area (Å²) in [6.07, 6.45) is 4.31. The number of carbonyl (C=O) groups excluding carboxylic acids is 1. The molecule has 11 nitrogen and oxygen atoms in total. The van der Waals surface area contributed by atoms with Gasteiger partial charge in [-0.2, -0.15) is 13.9 Å². The molecule has 0 aliphatic carbocycles. The molecule has 1 aromatic carbocycles. The van der Waals surface area contributed by atoms with E-state index in [2.05, 4.69) is 30.2 Å². The number of nitrogens with zero attached hydrogens (tertiary/aromatic N) is 7. The number of carbonyl (C=O) groups is 1. The molecule has 6 rings (SSSR count). The van der Waals surface area contributed by atoms with Crippen LogP contribution in [0.3, 0.4) is 0 Å². The van der Waals surface area contributed by atoms with Crippen LogP contribution in [0.2, 0.25) is 0 Å². The number of amides is 1. The van der Waals surface area contributed by atoms with E-state index in [9.17, 15) is 13.6 Å². The lowest BCUT2D eigenvalue weighted by molar-refractivity contribution is 0.0565. The van der Waals surface area contributed by atoms with Crippen LogP contribution in [0.1, 0.15) is 46.1 Å². The highest BCUT2D eigenvalue weighted by atomic mass is 19.3. The SMILES string of the molecule is Cc1ccc2oc([C@@H]3c4nc[nH]c4CCN3C(=O)c3nnc(-c4cnn(C(F)F)c4)o3)nc2c1. The monoisotopic (exact) mass is 466 g/mol. The molecule has 5 aromatic rings. The van der Waals surface area contributed by atoms with E-state index in [0.717, 1.165) is 23.7 Å². The van der Waals surface area contributed by atoms with Gasteiger partial charge >= 0.3 is 18.3 Å². The van der Waals surface area contributed by atoms with Gasteiger partial charge in [0.2, 0.25) is 5.89 Å². The molecule has 1 amide bonds. The third-order valence-electron chi connectivity index (χ3n) is 5.64. The van der Waals surface area contributed by atoms with Crippen LogP contribution in [-0.2, 0) is 6.42 Å². The third kappa shape index (κ3) is 3.24. The average Bonchev–Trinajstić information content (AvgIpc) is 3.62. The second kappa shape index (κ2) is 7.57. The van der Waals surface area contributed by atoms with E-state index >= 15 is 0 Å². The van der Waals surface area contributed by atoms with Gasteiger partial charge in [-0.15, -0.1) is 10.2 Å². The first-order chi connectivity index (χ1) is 16.5. The molecule has 4 aromatic heterocycles. The van der Waals surface area contributed by atoms with Crippen molar-refractivity contribution in [2.45, 2.75) is 25.9 Å². The molecule has 5 heterocycles. The molecule has 0 spiro atoms. The number of halogens is 2. The Morgan fingerprint density at radius 2 is 2.15 bits per heavy atom. The lowest BCUT2D eigenvalue weighted by Gasteiger charge is -2.31. The van der Waals surface area contributed by atoms with Gasteiger partial charge < -0.3 is 18.7 Å². The van der Waals surface area contributed by atoms with Crippen molar-refractivity contribution in [1.29, 1.82) is 0 Å². The van der Waals surface area contributed by atoms with Gasteiger partial charge in [-0.25, -0.2) is 14.6 Å². The van der Waals surface area contributed by atoms with Crippen LogP contribution in [0.25, 0.3) is 22.6 Å². The van der Waals surface area contributed by atoms with Gasteiger partial charge in [0.25, 0.3) is 5.89 Å². The van der Waals surface area contributed by atoms with E-state index < -0.39 is 18.5 Å². The number of nitrogens with one attached hydrogen (secondary N) is 1. The van der Waals surface area contributed by atoms with Crippen LogP contribution < -0.4 is 0 Å². The van der Waals surface area contributed by atoms with Crippen LogP contribution >= 0.6 is 0 Å². The minimum atomic E-state index is -2.81. The molecule has 0 saturated heterocycles. The molecule has 0 fully saturated rings. The summed E-state index contributed by atoms with van der Waals surface area (Å²) in [6.45, 7) is -0.541. The molecule has 172 valence electrons. The Hall–Kier alpha value is -4.42. The van der Waals surface area contributed by atoms with Crippen molar-refractivity contribution in [3.05, 3.63) is 65.7 Å². The number of aromatic nitrogens is 7. The molecular formula is C21H16F2N8O3. The van der Waals surface area contributed by atoms with Crippen LogP contribution in [0.15, 0.2) is 45.8 Å². The number of oxazole rings is 1. The Morgan fingerprint density at radius 1 is 1.26 bits per heavy atom. The van der Waals surface area contributed by atoms with Crippen molar-refractivity contribution in [1.82, 2.24) is 39.8 Å². The van der Waals surface area contributed by atoms with E-state index in [1.807, 2.05) is 25.1 Å². The summed E-state index contributed by atoms with van der Waals surface area (Å²) in [5, 5.41) is 11.2. The number of hydrogen-bond donors (Lipinski definition) is 1. The van der Waals surface area contributed by atoms with E-state index in [-0.39, 0.29) is 17.3 Å². The van der Waals surface area contributed by atoms with Crippen molar-refractivity contribution in [3.63, 3.8) is 0 Å². The second-order valence-corrected chi connectivity index (χ2v) is 7.84. The number of alkyl halides is 2. The Morgan fingerprint density at radius 3 is 2.97 bits per heavy atom. The smallest absolute Gasteiger partial charge is 0.333 e. The second-order valence-electron chi connectivity index (χ2n) is 7.84. The fourth-order valence-electron chi connectivity index (χ4n) is 4.02. The highest BCUT2D eigenvalue weighted by molar-refractivity contribution is 5.90. The van der Waals surface area contributed by atoms with E-state index in [0.29, 0.717) is 40.3 Å². The normalized spacial score (nSPS) is 15.9. The Balaban J connectivity index is 1.37. The quantitative estimate of drug-likeness (QED) is 0.427. The molecule has 0 bridgehead atoms. The summed E-state index contributed by atoms with van der Waals surface area (Å²) in [7, 11) is 0. The van der Waals surface area contributed by atoms with Crippen molar-refractivity contribution in [3.8, 4) is 11.5 Å². The zero-order chi connectivity index (χ0) is 23.4. The maximum atomic E-state index is 13.4. The number of hydrogen-bond acceptors (Lipinski definition) is 8. The van der Waals surface area contributed by atoms with Crippen molar-refractivity contribution in [2.24, 2.45) is 0 Å². The Bertz CT molecular complexity index is 1520. The number of aromatic amines is 1. The molecule has 1 aliphatic heterocycles. The zero-order valence-corrected chi connectivity index (χ0v) is 17.6. The maximum absolute atomic E-state index is 13.4. The van der Waals surface area contributed by atoms with Gasteiger partial charge in [0, 0.05) is 24.9 Å². The van der Waals surface area contributed by atoms with Gasteiger partial charge in [0.1, 0.15) is 5.52 Å². The van der Waals surface area contributed by atoms with Gasteiger partial charge in [-0.05, 0) is 24.6 Å². The number of aryl methyl sites for hydroxylation is 1. The fraction of sp³-hybridized carbons (Fsp3) is 0.238. The zero-order valence-electron chi connectivity index (χ0n) is 17.6.